The fraction of sp³-hybridized carbons (Fsp3) is 0.632. The van der Waals surface area contributed by atoms with Crippen LogP contribution in [0.3, 0.4) is 0 Å². The molecule has 2 fully saturated rings. The largest absolute Gasteiger partial charge is 0.494 e. The maximum absolute atomic E-state index is 14.5. The number of carbonyl (C=O) groups excluding carboxylic acids is 1. The van der Waals surface area contributed by atoms with Gasteiger partial charge < -0.3 is 9.64 Å². The summed E-state index contributed by atoms with van der Waals surface area (Å²) in [6.07, 6.45) is 3.76. The molecule has 2 aliphatic rings. The Kier molecular flexibility index (Phi) is 4.81. The quantitative estimate of drug-likeness (QED) is 0.848. The van der Waals surface area contributed by atoms with Gasteiger partial charge in [-0.3, -0.25) is 9.69 Å². The van der Waals surface area contributed by atoms with Crippen LogP contribution >= 0.6 is 0 Å². The van der Waals surface area contributed by atoms with E-state index in [1.54, 1.807) is 12.1 Å². The van der Waals surface area contributed by atoms with Crippen molar-refractivity contribution in [1.29, 1.82) is 0 Å². The van der Waals surface area contributed by atoms with E-state index in [0.717, 1.165) is 38.8 Å². The van der Waals surface area contributed by atoms with Gasteiger partial charge in [-0.1, -0.05) is 12.1 Å². The molecular formula is C19H27FN2O2. The average Bonchev–Trinajstić information content (AvgIpc) is 2.95. The molecule has 2 heterocycles. The Bertz CT molecular complexity index is 619. The first-order valence-electron chi connectivity index (χ1n) is 8.87. The lowest BCUT2D eigenvalue weighted by Gasteiger charge is -2.46. The summed E-state index contributed by atoms with van der Waals surface area (Å²) in [5, 5.41) is 0. The lowest BCUT2D eigenvalue weighted by atomic mass is 9.84. The number of hydrogen-bond donors (Lipinski definition) is 0. The Hall–Kier alpha value is -1.62. The number of ether oxygens (including phenoxy) is 1. The van der Waals surface area contributed by atoms with Crippen LogP contribution in [-0.4, -0.2) is 47.5 Å². The zero-order valence-electron chi connectivity index (χ0n) is 14.8. The molecule has 2 aliphatic heterocycles. The third-order valence-electron chi connectivity index (χ3n) is 5.52. The van der Waals surface area contributed by atoms with Gasteiger partial charge in [-0.05, 0) is 52.1 Å². The molecule has 1 spiro atoms. The molecule has 0 bridgehead atoms. The van der Waals surface area contributed by atoms with Gasteiger partial charge >= 0.3 is 0 Å². The molecule has 1 amide bonds. The van der Waals surface area contributed by atoms with E-state index in [9.17, 15) is 9.18 Å². The van der Waals surface area contributed by atoms with E-state index in [1.165, 1.54) is 7.11 Å². The van der Waals surface area contributed by atoms with Crippen LogP contribution in [0.4, 0.5) is 4.39 Å². The first-order valence-corrected chi connectivity index (χ1v) is 8.87. The fourth-order valence-corrected chi connectivity index (χ4v) is 4.24. The van der Waals surface area contributed by atoms with E-state index in [2.05, 4.69) is 18.7 Å². The van der Waals surface area contributed by atoms with Crippen molar-refractivity contribution in [2.75, 3.05) is 20.2 Å². The molecule has 1 atom stereocenters. The monoisotopic (exact) mass is 334 g/mol. The van der Waals surface area contributed by atoms with E-state index in [0.29, 0.717) is 12.1 Å². The first-order chi connectivity index (χ1) is 11.5. The Morgan fingerprint density at radius 2 is 1.96 bits per heavy atom. The van der Waals surface area contributed by atoms with Gasteiger partial charge in [0.1, 0.15) is 5.54 Å². The fourth-order valence-electron chi connectivity index (χ4n) is 4.24. The molecule has 0 saturated carbocycles. The van der Waals surface area contributed by atoms with Gasteiger partial charge in [-0.15, -0.1) is 0 Å². The third kappa shape index (κ3) is 2.79. The summed E-state index contributed by atoms with van der Waals surface area (Å²) in [7, 11) is 1.48. The summed E-state index contributed by atoms with van der Waals surface area (Å²) in [5.74, 6) is 0.176. The predicted octanol–water partition coefficient (Wildman–Crippen LogP) is 3.20. The molecular weight excluding hydrogens is 307 g/mol. The van der Waals surface area contributed by atoms with Gasteiger partial charge in [0, 0.05) is 24.7 Å². The first kappa shape index (κ1) is 17.2. The summed E-state index contributed by atoms with van der Waals surface area (Å²) < 4.78 is 19.6. The smallest absolute Gasteiger partial charge is 0.243 e. The van der Waals surface area contributed by atoms with Crippen LogP contribution in [0.5, 0.6) is 5.75 Å². The zero-order valence-corrected chi connectivity index (χ0v) is 14.8. The van der Waals surface area contributed by atoms with Crippen LogP contribution in [0.15, 0.2) is 18.2 Å². The van der Waals surface area contributed by atoms with Crippen molar-refractivity contribution in [2.24, 2.45) is 0 Å². The zero-order chi connectivity index (χ0) is 17.3. The molecule has 132 valence electrons. The van der Waals surface area contributed by atoms with E-state index in [-0.39, 0.29) is 23.5 Å². The number of methoxy groups -OCH3 is 1. The van der Waals surface area contributed by atoms with Gasteiger partial charge in [-0.2, -0.15) is 0 Å². The second-order valence-corrected chi connectivity index (χ2v) is 7.19. The SMILES string of the molecule is COc1cccc(CN2CCCC23CCCN(C(C)C)C3=O)c1F. The van der Waals surface area contributed by atoms with Gasteiger partial charge in [0.2, 0.25) is 5.91 Å². The highest BCUT2D eigenvalue weighted by Crippen LogP contribution is 2.40. The van der Waals surface area contributed by atoms with E-state index >= 15 is 0 Å². The second kappa shape index (κ2) is 6.71. The highest BCUT2D eigenvalue weighted by atomic mass is 19.1. The second-order valence-electron chi connectivity index (χ2n) is 7.19. The standard InChI is InChI=1S/C19H27FN2O2/c1-14(2)22-12-6-10-19(18(22)23)9-5-11-21(19)13-15-7-4-8-16(24-3)17(15)20/h4,7-8,14H,5-6,9-13H2,1-3H3. The lowest BCUT2D eigenvalue weighted by molar-refractivity contribution is -0.149. The molecule has 2 saturated heterocycles. The number of nitrogens with zero attached hydrogens (tertiary/aromatic N) is 2. The molecule has 0 aromatic heterocycles. The van der Waals surface area contributed by atoms with Gasteiger partial charge in [0.15, 0.2) is 11.6 Å². The van der Waals surface area contributed by atoms with Gasteiger partial charge in [-0.25, -0.2) is 4.39 Å². The molecule has 0 aliphatic carbocycles. The van der Waals surface area contributed by atoms with E-state index < -0.39 is 5.54 Å². The topological polar surface area (TPSA) is 32.8 Å². The van der Waals surface area contributed by atoms with E-state index in [4.69, 9.17) is 4.74 Å². The van der Waals surface area contributed by atoms with Crippen LogP contribution in [-0.2, 0) is 11.3 Å². The summed E-state index contributed by atoms with van der Waals surface area (Å²) in [6, 6.07) is 5.44. The van der Waals surface area contributed by atoms with Crippen LogP contribution in [0.1, 0.15) is 45.1 Å². The number of piperidine rings is 1. The highest BCUT2D eigenvalue weighted by molar-refractivity contribution is 5.87. The van der Waals surface area contributed by atoms with Crippen molar-refractivity contribution in [2.45, 2.75) is 57.7 Å². The molecule has 0 radical (unpaired) electrons. The highest BCUT2D eigenvalue weighted by Gasteiger charge is 2.51. The van der Waals surface area contributed by atoms with Crippen molar-refractivity contribution in [1.82, 2.24) is 9.80 Å². The number of rotatable bonds is 4. The van der Waals surface area contributed by atoms with Crippen LogP contribution in [0, 0.1) is 5.82 Å². The van der Waals surface area contributed by atoms with Crippen molar-refractivity contribution >= 4 is 5.91 Å². The Morgan fingerprint density at radius 3 is 2.62 bits per heavy atom. The maximum Gasteiger partial charge on any atom is 0.243 e. The van der Waals surface area contributed by atoms with Gasteiger partial charge in [0.05, 0.1) is 7.11 Å². The number of likely N-dealkylation sites (tertiary alicyclic amines) is 2. The third-order valence-corrected chi connectivity index (χ3v) is 5.52. The van der Waals surface area contributed by atoms with Crippen molar-refractivity contribution < 1.29 is 13.9 Å². The molecule has 0 N–H and O–H groups in total. The van der Waals surface area contributed by atoms with Crippen LogP contribution in [0.25, 0.3) is 0 Å². The molecule has 1 aromatic rings. The van der Waals surface area contributed by atoms with Crippen molar-refractivity contribution in [3.63, 3.8) is 0 Å². The minimum absolute atomic E-state index is 0.214. The molecule has 24 heavy (non-hydrogen) atoms. The number of carbonyl (C=O) groups is 1. The van der Waals surface area contributed by atoms with E-state index in [1.807, 2.05) is 11.0 Å². The number of benzene rings is 1. The normalized spacial score (nSPS) is 25.0. The van der Waals surface area contributed by atoms with Crippen LogP contribution < -0.4 is 4.74 Å². The Morgan fingerprint density at radius 1 is 1.25 bits per heavy atom. The van der Waals surface area contributed by atoms with Crippen molar-refractivity contribution in [3.8, 4) is 5.75 Å². The number of amides is 1. The summed E-state index contributed by atoms with van der Waals surface area (Å²) in [4.78, 5) is 17.4. The minimum atomic E-state index is -0.446. The summed E-state index contributed by atoms with van der Waals surface area (Å²) >= 11 is 0. The van der Waals surface area contributed by atoms with Crippen molar-refractivity contribution in [3.05, 3.63) is 29.6 Å². The molecule has 1 unspecified atom stereocenters. The predicted molar refractivity (Wildman–Crippen MR) is 91.4 cm³/mol. The Balaban J connectivity index is 1.87. The molecule has 1 aromatic carbocycles. The number of halogens is 1. The van der Waals surface area contributed by atoms with Gasteiger partial charge in [0.25, 0.3) is 0 Å². The molecule has 3 rings (SSSR count). The maximum atomic E-state index is 14.5. The minimum Gasteiger partial charge on any atom is -0.494 e. The average molecular weight is 334 g/mol. The summed E-state index contributed by atoms with van der Waals surface area (Å²) in [6.45, 7) is 6.27. The lowest BCUT2D eigenvalue weighted by Crippen LogP contribution is -2.61. The summed E-state index contributed by atoms with van der Waals surface area (Å²) in [5.41, 5.74) is 0.156. The molecule has 4 nitrogen and oxygen atoms in total. The molecule has 5 heteroatoms. The van der Waals surface area contributed by atoms with Crippen LogP contribution in [0.2, 0.25) is 0 Å². The Labute approximate surface area is 143 Å². The number of hydrogen-bond acceptors (Lipinski definition) is 3.